The minimum absolute atomic E-state index is 0.248. The number of benzene rings is 3. The summed E-state index contributed by atoms with van der Waals surface area (Å²) in [6.07, 6.45) is -1.87. The van der Waals surface area contributed by atoms with E-state index in [9.17, 15) is 17.6 Å². The first kappa shape index (κ1) is 28.4. The van der Waals surface area contributed by atoms with Crippen molar-refractivity contribution in [2.45, 2.75) is 32.4 Å². The molecule has 212 valence electrons. The van der Waals surface area contributed by atoms with Gasteiger partial charge in [0, 0.05) is 73.5 Å². The van der Waals surface area contributed by atoms with Crippen molar-refractivity contribution in [1.82, 2.24) is 14.4 Å². The predicted octanol–water partition coefficient (Wildman–Crippen LogP) is 6.67. The van der Waals surface area contributed by atoms with E-state index in [1.165, 1.54) is 24.3 Å². The lowest BCUT2D eigenvalue weighted by Gasteiger charge is -2.35. The normalized spacial score (nSPS) is 15.2. The van der Waals surface area contributed by atoms with Gasteiger partial charge < -0.3 is 15.0 Å². The van der Waals surface area contributed by atoms with Crippen LogP contribution in [-0.2, 0) is 19.6 Å². The Morgan fingerprint density at radius 1 is 0.875 bits per heavy atom. The molecule has 5 rings (SSSR count). The van der Waals surface area contributed by atoms with Gasteiger partial charge >= 0.3 is 6.36 Å². The molecule has 0 aliphatic carbocycles. The lowest BCUT2D eigenvalue weighted by molar-refractivity contribution is -0.274. The largest absolute Gasteiger partial charge is 0.573 e. The zero-order chi connectivity index (χ0) is 28.3. The highest BCUT2D eigenvalue weighted by Crippen LogP contribution is 2.34. The van der Waals surface area contributed by atoms with Crippen LogP contribution < -0.4 is 10.5 Å². The lowest BCUT2D eigenvalue weighted by atomic mass is 10.0. The number of fused-ring (bicyclic) bond motifs is 1. The van der Waals surface area contributed by atoms with Gasteiger partial charge in [-0.2, -0.15) is 0 Å². The molecule has 40 heavy (non-hydrogen) atoms. The summed E-state index contributed by atoms with van der Waals surface area (Å²) >= 11 is 6.26. The van der Waals surface area contributed by atoms with E-state index in [1.54, 1.807) is 18.2 Å². The maximum atomic E-state index is 13.7. The fourth-order valence-electron chi connectivity index (χ4n) is 5.22. The molecule has 3 aromatic carbocycles. The number of piperazine rings is 1. The number of aryl methyl sites for hydroxylation is 1. The maximum Gasteiger partial charge on any atom is 0.573 e. The third-order valence-corrected chi connectivity index (χ3v) is 7.59. The van der Waals surface area contributed by atoms with Crippen LogP contribution in [0.3, 0.4) is 0 Å². The number of nitrogens with zero attached hydrogens (tertiary/aromatic N) is 3. The number of halogens is 5. The molecule has 1 saturated heterocycles. The highest BCUT2D eigenvalue weighted by molar-refractivity contribution is 6.31. The summed E-state index contributed by atoms with van der Waals surface area (Å²) in [4.78, 5) is 4.67. The van der Waals surface area contributed by atoms with Crippen LogP contribution >= 0.6 is 11.6 Å². The van der Waals surface area contributed by atoms with Crippen LogP contribution in [0.25, 0.3) is 22.0 Å². The third-order valence-electron chi connectivity index (χ3n) is 7.22. The van der Waals surface area contributed by atoms with Crippen LogP contribution in [0.5, 0.6) is 5.75 Å². The number of hydrogen-bond acceptors (Lipinski definition) is 4. The van der Waals surface area contributed by atoms with E-state index >= 15 is 0 Å². The Hall–Kier alpha value is -3.11. The van der Waals surface area contributed by atoms with Crippen LogP contribution in [0.2, 0.25) is 5.02 Å². The van der Waals surface area contributed by atoms with Gasteiger partial charge in [-0.05, 0) is 72.1 Å². The van der Waals surface area contributed by atoms with Crippen LogP contribution in [0, 0.1) is 5.82 Å². The van der Waals surface area contributed by atoms with Gasteiger partial charge in [0.15, 0.2) is 0 Å². The highest BCUT2D eigenvalue weighted by atomic mass is 35.5. The van der Waals surface area contributed by atoms with Gasteiger partial charge in [0.1, 0.15) is 11.6 Å². The van der Waals surface area contributed by atoms with Crippen molar-refractivity contribution in [3.63, 3.8) is 0 Å². The molecule has 1 aromatic heterocycles. The Morgan fingerprint density at radius 2 is 1.57 bits per heavy atom. The molecular weight excluding hydrogens is 544 g/mol. The van der Waals surface area contributed by atoms with Crippen molar-refractivity contribution in [2.24, 2.45) is 5.73 Å². The van der Waals surface area contributed by atoms with Gasteiger partial charge in [-0.15, -0.1) is 13.2 Å². The van der Waals surface area contributed by atoms with Gasteiger partial charge in [0.05, 0.1) is 0 Å². The summed E-state index contributed by atoms with van der Waals surface area (Å²) in [7, 11) is 0. The SMILES string of the molecule is NCCCn1cc(-c2ccc(OC(F)(F)F)cc2)c2cc(CN3CCN(Cc4cc(F)ccc4Cl)CC3)ccc21. The minimum atomic E-state index is -4.73. The van der Waals surface area contributed by atoms with Crippen LogP contribution in [0.1, 0.15) is 17.5 Å². The molecule has 1 aliphatic rings. The van der Waals surface area contributed by atoms with E-state index in [1.807, 2.05) is 6.20 Å². The van der Waals surface area contributed by atoms with Crippen LogP contribution in [0.4, 0.5) is 17.6 Å². The van der Waals surface area contributed by atoms with E-state index < -0.39 is 6.36 Å². The molecule has 0 radical (unpaired) electrons. The summed E-state index contributed by atoms with van der Waals surface area (Å²) in [5, 5.41) is 1.62. The average molecular weight is 575 g/mol. The number of aromatic nitrogens is 1. The van der Waals surface area contributed by atoms with E-state index in [0.29, 0.717) is 18.1 Å². The summed E-state index contributed by atoms with van der Waals surface area (Å²) < 4.78 is 57.7. The number of hydrogen-bond donors (Lipinski definition) is 1. The number of ether oxygens (including phenoxy) is 1. The molecule has 0 atom stereocenters. The Kier molecular flexibility index (Phi) is 8.65. The standard InChI is InChI=1S/C30H31ClF4N4O/c31-28-8-5-24(32)17-23(28)19-38-14-12-37(13-15-38)18-21-2-9-29-26(16-21)27(20-39(29)11-1-10-36)22-3-6-25(7-4-22)40-30(33,34)35/h2-9,16-17,20H,1,10-15,18-19,36H2. The average Bonchev–Trinajstić information content (AvgIpc) is 3.28. The van der Waals surface area contributed by atoms with Gasteiger partial charge in [-0.25, -0.2) is 4.39 Å². The quantitative estimate of drug-likeness (QED) is 0.227. The van der Waals surface area contributed by atoms with E-state index in [2.05, 4.69) is 37.3 Å². The minimum Gasteiger partial charge on any atom is -0.406 e. The molecule has 2 N–H and O–H groups in total. The Labute approximate surface area is 235 Å². The van der Waals surface area contributed by atoms with Crippen molar-refractivity contribution in [1.29, 1.82) is 0 Å². The molecule has 0 unspecified atom stereocenters. The van der Waals surface area contributed by atoms with E-state index in [0.717, 1.165) is 78.8 Å². The van der Waals surface area contributed by atoms with Crippen LogP contribution in [0.15, 0.2) is 66.9 Å². The van der Waals surface area contributed by atoms with Gasteiger partial charge in [0.2, 0.25) is 0 Å². The van der Waals surface area contributed by atoms with Crippen LogP contribution in [-0.4, -0.2) is 53.5 Å². The number of alkyl halides is 3. The zero-order valence-electron chi connectivity index (χ0n) is 21.9. The molecule has 2 heterocycles. The van der Waals surface area contributed by atoms with Gasteiger partial charge in [-0.1, -0.05) is 29.8 Å². The zero-order valence-corrected chi connectivity index (χ0v) is 22.7. The summed E-state index contributed by atoms with van der Waals surface area (Å²) in [6.45, 7) is 6.14. The molecule has 0 spiro atoms. The second-order valence-corrected chi connectivity index (χ2v) is 10.5. The first-order valence-electron chi connectivity index (χ1n) is 13.3. The Bertz CT molecular complexity index is 1450. The third kappa shape index (κ3) is 6.96. The Morgan fingerprint density at radius 3 is 2.25 bits per heavy atom. The maximum absolute atomic E-state index is 13.7. The first-order chi connectivity index (χ1) is 19.2. The second-order valence-electron chi connectivity index (χ2n) is 10.1. The molecule has 5 nitrogen and oxygen atoms in total. The van der Waals surface area contributed by atoms with Crippen molar-refractivity contribution < 1.29 is 22.3 Å². The van der Waals surface area contributed by atoms with Crippen molar-refractivity contribution in [3.05, 3.63) is 88.8 Å². The number of nitrogens with two attached hydrogens (primary N) is 1. The topological polar surface area (TPSA) is 46.7 Å². The van der Waals surface area contributed by atoms with Gasteiger partial charge in [-0.3, -0.25) is 9.80 Å². The molecule has 1 aliphatic heterocycles. The predicted molar refractivity (Wildman–Crippen MR) is 150 cm³/mol. The monoisotopic (exact) mass is 574 g/mol. The molecule has 1 fully saturated rings. The van der Waals surface area contributed by atoms with Gasteiger partial charge in [0.25, 0.3) is 0 Å². The first-order valence-corrected chi connectivity index (χ1v) is 13.6. The fourth-order valence-corrected chi connectivity index (χ4v) is 5.40. The fraction of sp³-hybridized carbons (Fsp3) is 0.333. The van der Waals surface area contributed by atoms with Crippen molar-refractivity contribution >= 4 is 22.5 Å². The van der Waals surface area contributed by atoms with E-state index in [4.69, 9.17) is 17.3 Å². The molecule has 0 bridgehead atoms. The molecule has 0 amide bonds. The molecule has 10 heteroatoms. The van der Waals surface area contributed by atoms with E-state index in [-0.39, 0.29) is 11.6 Å². The smallest absolute Gasteiger partial charge is 0.406 e. The molecule has 4 aromatic rings. The Balaban J connectivity index is 1.31. The summed E-state index contributed by atoms with van der Waals surface area (Å²) in [6, 6.07) is 16.9. The summed E-state index contributed by atoms with van der Waals surface area (Å²) in [5.41, 5.74) is 10.5. The molecular formula is C30H31ClF4N4O. The number of rotatable bonds is 9. The van der Waals surface area contributed by atoms with Crippen molar-refractivity contribution in [3.8, 4) is 16.9 Å². The van der Waals surface area contributed by atoms with Crippen molar-refractivity contribution in [2.75, 3.05) is 32.7 Å². The second kappa shape index (κ2) is 12.2. The summed E-state index contributed by atoms with van der Waals surface area (Å²) in [5.74, 6) is -0.530. The lowest BCUT2D eigenvalue weighted by Crippen LogP contribution is -2.45. The molecule has 0 saturated carbocycles. The highest BCUT2D eigenvalue weighted by Gasteiger charge is 2.31.